The van der Waals surface area contributed by atoms with Crippen LogP contribution in [0.5, 0.6) is 11.5 Å². The van der Waals surface area contributed by atoms with Crippen molar-refractivity contribution < 1.29 is 24.2 Å². The molecule has 1 aromatic rings. The van der Waals surface area contributed by atoms with Crippen molar-refractivity contribution in [3.05, 3.63) is 17.7 Å². The number of carbonyl (C=O) groups excluding carboxylic acids is 2. The van der Waals surface area contributed by atoms with Gasteiger partial charge in [-0.15, -0.1) is 0 Å². The van der Waals surface area contributed by atoms with Crippen LogP contribution >= 0.6 is 0 Å². The Morgan fingerprint density at radius 3 is 2.73 bits per heavy atom. The van der Waals surface area contributed by atoms with Crippen LogP contribution in [0.4, 0.5) is 5.69 Å². The van der Waals surface area contributed by atoms with E-state index in [0.717, 1.165) is 6.42 Å². The van der Waals surface area contributed by atoms with Crippen molar-refractivity contribution in [1.29, 1.82) is 0 Å². The van der Waals surface area contributed by atoms with Crippen LogP contribution in [0, 0.1) is 0 Å². The van der Waals surface area contributed by atoms with Gasteiger partial charge in [-0.1, -0.05) is 6.92 Å². The summed E-state index contributed by atoms with van der Waals surface area (Å²) in [4.78, 5) is 25.1. The number of benzene rings is 1. The molecule has 22 heavy (non-hydrogen) atoms. The molecule has 0 aromatic heterocycles. The maximum absolute atomic E-state index is 12.5. The normalized spacial score (nSPS) is 16.0. The van der Waals surface area contributed by atoms with E-state index in [4.69, 9.17) is 9.47 Å². The molecule has 0 atom stereocenters. The van der Waals surface area contributed by atoms with Gasteiger partial charge in [-0.05, 0) is 32.4 Å². The Morgan fingerprint density at radius 1 is 1.41 bits per heavy atom. The number of carbonyl (C=O) groups is 2. The predicted molar refractivity (Wildman–Crippen MR) is 81.8 cm³/mol. The van der Waals surface area contributed by atoms with E-state index in [1.807, 2.05) is 6.92 Å². The summed E-state index contributed by atoms with van der Waals surface area (Å²) in [5.41, 5.74) is -0.215. The van der Waals surface area contributed by atoms with E-state index in [2.05, 4.69) is 0 Å². The van der Waals surface area contributed by atoms with Gasteiger partial charge in [0.15, 0.2) is 17.1 Å². The molecule has 0 spiro atoms. The van der Waals surface area contributed by atoms with Crippen molar-refractivity contribution in [1.82, 2.24) is 0 Å². The number of β-amino-alcohol motifs (C(OH)–C–C–N with tert-alkyl or cyclic N) is 1. The lowest BCUT2D eigenvalue weighted by Crippen LogP contribution is -2.53. The van der Waals surface area contributed by atoms with Gasteiger partial charge in [0.1, 0.15) is 6.29 Å². The molecule has 0 fully saturated rings. The molecular formula is C16H21NO5. The Bertz CT molecular complexity index is 582. The van der Waals surface area contributed by atoms with Gasteiger partial charge in [-0.3, -0.25) is 9.59 Å². The number of amides is 1. The number of ether oxygens (including phenoxy) is 2. The SMILES string of the molecule is CCCOc1cc(C=O)cc2c1OC(C)(C)C(=O)N2CCO. The number of anilines is 1. The topological polar surface area (TPSA) is 76.1 Å². The number of rotatable bonds is 6. The van der Waals surface area contributed by atoms with Gasteiger partial charge < -0.3 is 19.5 Å². The Morgan fingerprint density at radius 2 is 2.14 bits per heavy atom. The molecule has 0 unspecified atom stereocenters. The third-order valence-electron chi connectivity index (χ3n) is 3.39. The van der Waals surface area contributed by atoms with E-state index in [1.54, 1.807) is 26.0 Å². The van der Waals surface area contributed by atoms with Crippen molar-refractivity contribution in [2.45, 2.75) is 32.8 Å². The summed E-state index contributed by atoms with van der Waals surface area (Å²) < 4.78 is 11.5. The van der Waals surface area contributed by atoms with E-state index in [9.17, 15) is 14.7 Å². The number of hydrogen-bond acceptors (Lipinski definition) is 5. The number of fused-ring (bicyclic) bond motifs is 1. The molecule has 6 nitrogen and oxygen atoms in total. The maximum Gasteiger partial charge on any atom is 0.270 e. The molecule has 1 aliphatic heterocycles. The zero-order valence-electron chi connectivity index (χ0n) is 13.1. The van der Waals surface area contributed by atoms with Gasteiger partial charge in [0, 0.05) is 12.1 Å². The first-order chi connectivity index (χ1) is 10.4. The van der Waals surface area contributed by atoms with Crippen LogP contribution in [0.15, 0.2) is 12.1 Å². The van der Waals surface area contributed by atoms with Crippen LogP contribution in [0.1, 0.15) is 37.6 Å². The average Bonchev–Trinajstić information content (AvgIpc) is 2.49. The third-order valence-corrected chi connectivity index (χ3v) is 3.39. The van der Waals surface area contributed by atoms with Crippen molar-refractivity contribution in [2.75, 3.05) is 24.7 Å². The molecule has 0 radical (unpaired) electrons. The Hall–Kier alpha value is -2.08. The third kappa shape index (κ3) is 2.92. The van der Waals surface area contributed by atoms with Crippen LogP contribution in [0.3, 0.4) is 0 Å². The zero-order chi connectivity index (χ0) is 16.3. The van der Waals surface area contributed by atoms with E-state index in [-0.39, 0.29) is 19.1 Å². The largest absolute Gasteiger partial charge is 0.490 e. The summed E-state index contributed by atoms with van der Waals surface area (Å²) in [5.74, 6) is 0.598. The molecule has 120 valence electrons. The highest BCUT2D eigenvalue weighted by molar-refractivity contribution is 6.03. The standard InChI is InChI=1S/C16H21NO5/c1-4-7-21-13-9-11(10-19)8-12-14(13)22-16(2,3)15(20)17(12)5-6-18/h8-10,18H,4-7H2,1-3H3. The molecule has 1 aromatic carbocycles. The fourth-order valence-corrected chi connectivity index (χ4v) is 2.35. The molecule has 1 N–H and O–H groups in total. The Balaban J connectivity index is 2.58. The van der Waals surface area contributed by atoms with Gasteiger partial charge in [-0.2, -0.15) is 0 Å². The molecule has 0 saturated carbocycles. The Labute approximate surface area is 129 Å². The summed E-state index contributed by atoms with van der Waals surface area (Å²) >= 11 is 0. The zero-order valence-corrected chi connectivity index (χ0v) is 13.1. The molecule has 6 heteroatoms. The number of aldehydes is 1. The first kappa shape index (κ1) is 16.3. The second-order valence-corrected chi connectivity index (χ2v) is 5.63. The molecule has 0 aliphatic carbocycles. The van der Waals surface area contributed by atoms with Crippen LogP contribution in [0.25, 0.3) is 0 Å². The van der Waals surface area contributed by atoms with E-state index >= 15 is 0 Å². The smallest absolute Gasteiger partial charge is 0.270 e. The van der Waals surface area contributed by atoms with E-state index in [1.165, 1.54) is 4.90 Å². The maximum atomic E-state index is 12.5. The molecule has 0 saturated heterocycles. The summed E-state index contributed by atoms with van der Waals surface area (Å²) in [6, 6.07) is 3.18. The first-order valence-corrected chi connectivity index (χ1v) is 7.32. The van der Waals surface area contributed by atoms with Crippen LogP contribution in [-0.2, 0) is 4.79 Å². The molecule has 2 rings (SSSR count). The van der Waals surface area contributed by atoms with Gasteiger partial charge in [0.2, 0.25) is 0 Å². The fourth-order valence-electron chi connectivity index (χ4n) is 2.35. The van der Waals surface area contributed by atoms with Gasteiger partial charge in [-0.25, -0.2) is 0 Å². The molecule has 0 bridgehead atoms. The average molecular weight is 307 g/mol. The number of aliphatic hydroxyl groups excluding tert-OH is 1. The quantitative estimate of drug-likeness (QED) is 0.811. The van der Waals surface area contributed by atoms with Crippen molar-refractivity contribution >= 4 is 17.9 Å². The second-order valence-electron chi connectivity index (χ2n) is 5.63. The van der Waals surface area contributed by atoms with Gasteiger partial charge in [0.05, 0.1) is 18.9 Å². The van der Waals surface area contributed by atoms with Crippen LogP contribution < -0.4 is 14.4 Å². The lowest BCUT2D eigenvalue weighted by molar-refractivity contribution is -0.132. The highest BCUT2D eigenvalue weighted by Crippen LogP contribution is 2.45. The van der Waals surface area contributed by atoms with E-state index in [0.29, 0.717) is 35.6 Å². The van der Waals surface area contributed by atoms with Crippen LogP contribution in [-0.4, -0.2) is 42.7 Å². The Kier molecular flexibility index (Phi) is 4.71. The molecule has 1 amide bonds. The van der Waals surface area contributed by atoms with Crippen molar-refractivity contribution in [3.63, 3.8) is 0 Å². The highest BCUT2D eigenvalue weighted by Gasteiger charge is 2.42. The minimum Gasteiger partial charge on any atom is -0.490 e. The first-order valence-electron chi connectivity index (χ1n) is 7.32. The van der Waals surface area contributed by atoms with Crippen molar-refractivity contribution in [3.8, 4) is 11.5 Å². The number of hydrogen-bond donors (Lipinski definition) is 1. The summed E-state index contributed by atoms with van der Waals surface area (Å²) in [5, 5.41) is 9.23. The summed E-state index contributed by atoms with van der Waals surface area (Å²) in [7, 11) is 0. The van der Waals surface area contributed by atoms with Gasteiger partial charge in [0.25, 0.3) is 5.91 Å². The molecular weight excluding hydrogens is 286 g/mol. The van der Waals surface area contributed by atoms with Crippen molar-refractivity contribution in [2.24, 2.45) is 0 Å². The van der Waals surface area contributed by atoms with Gasteiger partial charge >= 0.3 is 0 Å². The number of aliphatic hydroxyl groups is 1. The number of nitrogens with zero attached hydrogens (tertiary/aromatic N) is 1. The fraction of sp³-hybridized carbons (Fsp3) is 0.500. The minimum absolute atomic E-state index is 0.133. The second kappa shape index (κ2) is 6.36. The van der Waals surface area contributed by atoms with Crippen LogP contribution in [0.2, 0.25) is 0 Å². The lowest BCUT2D eigenvalue weighted by Gasteiger charge is -2.39. The highest BCUT2D eigenvalue weighted by atomic mass is 16.5. The monoisotopic (exact) mass is 307 g/mol. The van der Waals surface area contributed by atoms with E-state index < -0.39 is 5.60 Å². The summed E-state index contributed by atoms with van der Waals surface area (Å²) in [6.07, 6.45) is 1.50. The molecule has 1 heterocycles. The minimum atomic E-state index is -1.06. The lowest BCUT2D eigenvalue weighted by atomic mass is 10.0. The summed E-state index contributed by atoms with van der Waals surface area (Å²) in [6.45, 7) is 5.74. The molecule has 1 aliphatic rings. The predicted octanol–water partition coefficient (Wildman–Crippen LogP) is 1.78.